The molecule has 1 aromatic rings. The molecule has 3 heteroatoms. The zero-order valence-electron chi connectivity index (χ0n) is 12.9. The number of hydrogen-bond donors (Lipinski definition) is 1. The van der Waals surface area contributed by atoms with Gasteiger partial charge in [0.1, 0.15) is 11.9 Å². The summed E-state index contributed by atoms with van der Waals surface area (Å²) in [6.45, 7) is 7.16. The number of rotatable bonds is 8. The Kier molecular flexibility index (Phi) is 5.86. The minimum absolute atomic E-state index is 0.348. The lowest BCUT2D eigenvalue weighted by Crippen LogP contribution is -2.29. The second-order valence-electron chi connectivity index (χ2n) is 5.76. The average molecular weight is 277 g/mol. The third kappa shape index (κ3) is 4.22. The Morgan fingerprint density at radius 3 is 3.05 bits per heavy atom. The van der Waals surface area contributed by atoms with E-state index < -0.39 is 0 Å². The summed E-state index contributed by atoms with van der Waals surface area (Å²) >= 11 is 0. The summed E-state index contributed by atoms with van der Waals surface area (Å²) in [5.41, 5.74) is 2.69. The second-order valence-corrected chi connectivity index (χ2v) is 5.76. The van der Waals surface area contributed by atoms with Crippen molar-refractivity contribution in [2.45, 2.75) is 39.2 Å². The fourth-order valence-electron chi connectivity index (χ4n) is 2.83. The van der Waals surface area contributed by atoms with E-state index in [1.807, 2.05) is 0 Å². The number of methoxy groups -OCH3 is 1. The van der Waals surface area contributed by atoms with Crippen LogP contribution in [0.25, 0.3) is 0 Å². The fraction of sp³-hybridized carbons (Fsp3) is 0.647. The lowest BCUT2D eigenvalue weighted by Gasteiger charge is -2.19. The van der Waals surface area contributed by atoms with E-state index >= 15 is 0 Å². The van der Waals surface area contributed by atoms with E-state index in [4.69, 9.17) is 9.47 Å². The molecule has 1 aliphatic heterocycles. The van der Waals surface area contributed by atoms with Crippen molar-refractivity contribution < 1.29 is 9.47 Å². The quantitative estimate of drug-likeness (QED) is 0.741. The molecule has 1 heterocycles. The largest absolute Gasteiger partial charge is 0.490 e. The van der Waals surface area contributed by atoms with Gasteiger partial charge in [-0.15, -0.1) is 0 Å². The Labute approximate surface area is 122 Å². The first kappa shape index (κ1) is 15.3. The van der Waals surface area contributed by atoms with Crippen LogP contribution in [-0.4, -0.2) is 32.9 Å². The van der Waals surface area contributed by atoms with E-state index in [9.17, 15) is 0 Å². The highest BCUT2D eigenvalue weighted by atomic mass is 16.5. The van der Waals surface area contributed by atoms with Crippen LogP contribution in [0.4, 0.5) is 0 Å². The van der Waals surface area contributed by atoms with E-state index in [1.165, 1.54) is 17.5 Å². The highest BCUT2D eigenvalue weighted by Crippen LogP contribution is 2.32. The molecule has 1 aliphatic rings. The molecule has 0 aromatic heterocycles. The molecule has 20 heavy (non-hydrogen) atoms. The van der Waals surface area contributed by atoms with E-state index in [-0.39, 0.29) is 0 Å². The van der Waals surface area contributed by atoms with Gasteiger partial charge in [0.05, 0.1) is 6.61 Å². The molecule has 0 radical (unpaired) electrons. The van der Waals surface area contributed by atoms with E-state index in [2.05, 4.69) is 37.4 Å². The molecule has 0 spiro atoms. The minimum Gasteiger partial charge on any atom is -0.490 e. The van der Waals surface area contributed by atoms with Gasteiger partial charge in [0.25, 0.3) is 0 Å². The Morgan fingerprint density at radius 2 is 2.30 bits per heavy atom. The average Bonchev–Trinajstić information content (AvgIpc) is 2.83. The summed E-state index contributed by atoms with van der Waals surface area (Å²) in [6, 6.07) is 6.50. The molecule has 112 valence electrons. The van der Waals surface area contributed by atoms with Crippen LogP contribution in [0.1, 0.15) is 30.9 Å². The molecular formula is C17H27NO2. The molecule has 0 bridgehead atoms. The number of fused-ring (bicyclic) bond motifs is 1. The first-order valence-electron chi connectivity index (χ1n) is 7.68. The van der Waals surface area contributed by atoms with Crippen LogP contribution in [0.5, 0.6) is 5.75 Å². The monoisotopic (exact) mass is 277 g/mol. The number of aryl methyl sites for hydroxylation is 1. The van der Waals surface area contributed by atoms with Crippen molar-refractivity contribution in [1.82, 2.24) is 5.32 Å². The summed E-state index contributed by atoms with van der Waals surface area (Å²) in [5, 5.41) is 3.46. The van der Waals surface area contributed by atoms with Crippen molar-refractivity contribution >= 4 is 0 Å². The lowest BCUT2D eigenvalue weighted by molar-refractivity contribution is 0.180. The van der Waals surface area contributed by atoms with Gasteiger partial charge in [-0.3, -0.25) is 0 Å². The van der Waals surface area contributed by atoms with Crippen LogP contribution in [0.3, 0.4) is 0 Å². The second kappa shape index (κ2) is 7.65. The SMILES string of the molecule is CCC(CNCCOC)CC1Cc2cc(C)ccc2O1. The third-order valence-electron chi connectivity index (χ3n) is 4.05. The van der Waals surface area contributed by atoms with Crippen LogP contribution >= 0.6 is 0 Å². The van der Waals surface area contributed by atoms with Gasteiger partial charge in [0.15, 0.2) is 0 Å². The summed E-state index contributed by atoms with van der Waals surface area (Å²) in [5.74, 6) is 1.76. The molecule has 0 amide bonds. The van der Waals surface area contributed by atoms with Gasteiger partial charge in [-0.25, -0.2) is 0 Å². The van der Waals surface area contributed by atoms with E-state index in [0.717, 1.165) is 38.3 Å². The van der Waals surface area contributed by atoms with Crippen LogP contribution in [0, 0.1) is 12.8 Å². The maximum absolute atomic E-state index is 6.07. The molecule has 2 atom stereocenters. The molecule has 2 unspecified atom stereocenters. The zero-order valence-corrected chi connectivity index (χ0v) is 12.9. The van der Waals surface area contributed by atoms with Crippen molar-refractivity contribution in [2.24, 2.45) is 5.92 Å². The van der Waals surface area contributed by atoms with E-state index in [0.29, 0.717) is 12.0 Å². The zero-order chi connectivity index (χ0) is 14.4. The van der Waals surface area contributed by atoms with Crippen molar-refractivity contribution in [2.75, 3.05) is 26.8 Å². The highest BCUT2D eigenvalue weighted by molar-refractivity contribution is 5.40. The van der Waals surface area contributed by atoms with Crippen molar-refractivity contribution in [3.05, 3.63) is 29.3 Å². The molecule has 1 N–H and O–H groups in total. The number of nitrogens with one attached hydrogen (secondary N) is 1. The van der Waals surface area contributed by atoms with Gasteiger partial charge < -0.3 is 14.8 Å². The Morgan fingerprint density at radius 1 is 1.45 bits per heavy atom. The first-order valence-corrected chi connectivity index (χ1v) is 7.68. The molecule has 1 aromatic carbocycles. The molecule has 0 aliphatic carbocycles. The Bertz CT molecular complexity index is 419. The van der Waals surface area contributed by atoms with Gasteiger partial charge in [-0.1, -0.05) is 31.0 Å². The standard InChI is InChI=1S/C17H27NO2/c1-4-14(12-18-7-8-19-3)10-16-11-15-9-13(2)5-6-17(15)20-16/h5-6,9,14,16,18H,4,7-8,10-12H2,1-3H3. The molecule has 0 fully saturated rings. The molecule has 3 nitrogen and oxygen atoms in total. The number of hydrogen-bond acceptors (Lipinski definition) is 3. The van der Waals surface area contributed by atoms with Crippen molar-refractivity contribution in [3.8, 4) is 5.75 Å². The van der Waals surface area contributed by atoms with Crippen molar-refractivity contribution in [1.29, 1.82) is 0 Å². The minimum atomic E-state index is 0.348. The Balaban J connectivity index is 1.79. The summed E-state index contributed by atoms with van der Waals surface area (Å²) in [4.78, 5) is 0. The summed E-state index contributed by atoms with van der Waals surface area (Å²) in [7, 11) is 1.74. The number of benzene rings is 1. The van der Waals surface area contributed by atoms with Gasteiger partial charge >= 0.3 is 0 Å². The maximum atomic E-state index is 6.07. The van der Waals surface area contributed by atoms with Crippen molar-refractivity contribution in [3.63, 3.8) is 0 Å². The summed E-state index contributed by atoms with van der Waals surface area (Å²) in [6.07, 6.45) is 3.73. The fourth-order valence-corrected chi connectivity index (χ4v) is 2.83. The van der Waals surface area contributed by atoms with Gasteiger partial charge in [0.2, 0.25) is 0 Å². The first-order chi connectivity index (χ1) is 9.72. The molecular weight excluding hydrogens is 250 g/mol. The van der Waals surface area contributed by atoms with Crippen LogP contribution in [0.15, 0.2) is 18.2 Å². The highest BCUT2D eigenvalue weighted by Gasteiger charge is 2.25. The summed E-state index contributed by atoms with van der Waals surface area (Å²) < 4.78 is 11.1. The third-order valence-corrected chi connectivity index (χ3v) is 4.05. The topological polar surface area (TPSA) is 30.5 Å². The smallest absolute Gasteiger partial charge is 0.123 e. The van der Waals surface area contributed by atoms with Gasteiger partial charge in [-0.05, 0) is 37.4 Å². The van der Waals surface area contributed by atoms with Gasteiger partial charge in [-0.2, -0.15) is 0 Å². The molecule has 2 rings (SSSR count). The number of ether oxygens (including phenoxy) is 2. The molecule has 0 saturated carbocycles. The maximum Gasteiger partial charge on any atom is 0.123 e. The van der Waals surface area contributed by atoms with Crippen LogP contribution in [-0.2, 0) is 11.2 Å². The Hall–Kier alpha value is -1.06. The predicted octanol–water partition coefficient (Wildman–Crippen LogP) is 2.95. The van der Waals surface area contributed by atoms with Crippen LogP contribution in [0.2, 0.25) is 0 Å². The molecule has 0 saturated heterocycles. The van der Waals surface area contributed by atoms with Crippen LogP contribution < -0.4 is 10.1 Å². The lowest BCUT2D eigenvalue weighted by atomic mass is 9.96. The normalized spacial score (nSPS) is 18.6. The van der Waals surface area contributed by atoms with E-state index in [1.54, 1.807) is 7.11 Å². The van der Waals surface area contributed by atoms with Gasteiger partial charge in [0, 0.05) is 20.1 Å². The predicted molar refractivity (Wildman–Crippen MR) is 82.4 cm³/mol.